The Labute approximate surface area is 161 Å². The lowest BCUT2D eigenvalue weighted by molar-refractivity contribution is -0.156. The lowest BCUT2D eigenvalue weighted by Crippen LogP contribution is -2.58. The van der Waals surface area contributed by atoms with Crippen molar-refractivity contribution in [2.45, 2.75) is 51.2 Å². The number of aliphatic hydroxyl groups is 1. The Hall–Kier alpha value is -0.810. The van der Waals surface area contributed by atoms with E-state index in [9.17, 15) is 9.90 Å². The third kappa shape index (κ3) is 3.68. The van der Waals surface area contributed by atoms with Crippen LogP contribution >= 0.6 is 24.0 Å². The van der Waals surface area contributed by atoms with Crippen LogP contribution in [0.5, 0.6) is 0 Å². The molecule has 1 aromatic carbocycles. The van der Waals surface area contributed by atoms with Crippen LogP contribution in [0.2, 0.25) is 5.02 Å². The highest BCUT2D eigenvalue weighted by molar-refractivity contribution is 6.30. The second-order valence-corrected chi connectivity index (χ2v) is 8.40. The molecule has 140 valence electrons. The van der Waals surface area contributed by atoms with Gasteiger partial charge in [0.15, 0.2) is 0 Å². The van der Waals surface area contributed by atoms with Gasteiger partial charge in [-0.1, -0.05) is 44.0 Å². The summed E-state index contributed by atoms with van der Waals surface area (Å²) in [5, 5.41) is 12.0. The first-order valence-electron chi connectivity index (χ1n) is 8.77. The summed E-state index contributed by atoms with van der Waals surface area (Å²) in [6.07, 6.45) is 3.37. The lowest BCUT2D eigenvalue weighted by Gasteiger charge is -2.51. The fraction of sp³-hybridized carbons (Fsp3) is 0.632. The first-order chi connectivity index (χ1) is 11.2. The van der Waals surface area contributed by atoms with Crippen molar-refractivity contribution in [3.05, 3.63) is 34.9 Å². The summed E-state index contributed by atoms with van der Waals surface area (Å²) in [6.45, 7) is 5.14. The zero-order chi connectivity index (χ0) is 17.5. The highest BCUT2D eigenvalue weighted by atomic mass is 35.5. The molecule has 0 radical (unpaired) electrons. The van der Waals surface area contributed by atoms with Gasteiger partial charge in [-0.2, -0.15) is 0 Å². The van der Waals surface area contributed by atoms with E-state index < -0.39 is 11.0 Å². The Morgan fingerprint density at radius 1 is 1.28 bits per heavy atom. The Balaban J connectivity index is 0.00000225. The Kier molecular flexibility index (Phi) is 6.10. The Morgan fingerprint density at radius 3 is 2.44 bits per heavy atom. The topological polar surface area (TPSA) is 66.6 Å². The monoisotopic (exact) mass is 386 g/mol. The summed E-state index contributed by atoms with van der Waals surface area (Å²) in [5.41, 5.74) is 5.55. The quantitative estimate of drug-likeness (QED) is 0.818. The predicted octanol–water partition coefficient (Wildman–Crippen LogP) is 3.34. The van der Waals surface area contributed by atoms with Crippen LogP contribution < -0.4 is 5.73 Å². The fourth-order valence-electron chi connectivity index (χ4n) is 4.30. The number of halogens is 2. The number of hydrogen-bond acceptors (Lipinski definition) is 3. The van der Waals surface area contributed by atoms with E-state index >= 15 is 0 Å². The van der Waals surface area contributed by atoms with Gasteiger partial charge in [-0.3, -0.25) is 4.79 Å². The van der Waals surface area contributed by atoms with Gasteiger partial charge in [-0.25, -0.2) is 0 Å². The highest BCUT2D eigenvalue weighted by Gasteiger charge is 2.50. The number of piperidine rings is 1. The minimum Gasteiger partial charge on any atom is -0.384 e. The third-order valence-corrected chi connectivity index (χ3v) is 6.22. The number of rotatable bonds is 2. The molecule has 3 rings (SSSR count). The van der Waals surface area contributed by atoms with E-state index in [0.29, 0.717) is 24.5 Å². The second-order valence-electron chi connectivity index (χ2n) is 7.96. The molecule has 1 saturated heterocycles. The molecule has 0 bridgehead atoms. The van der Waals surface area contributed by atoms with E-state index in [2.05, 4.69) is 0 Å². The zero-order valence-corrected chi connectivity index (χ0v) is 16.4. The largest absolute Gasteiger partial charge is 0.384 e. The van der Waals surface area contributed by atoms with Crippen LogP contribution in [0.1, 0.15) is 45.1 Å². The van der Waals surface area contributed by atoms with Gasteiger partial charge in [0, 0.05) is 29.6 Å². The molecule has 3 atom stereocenters. The molecule has 1 saturated carbocycles. The van der Waals surface area contributed by atoms with Crippen LogP contribution in [0.15, 0.2) is 24.3 Å². The van der Waals surface area contributed by atoms with E-state index in [1.54, 1.807) is 12.1 Å². The standard InChI is InChI=1S/C19H27ClN2O2.ClH/c1-18(2)12-22(17(23)15-4-3-5-16(15)21)11-10-19(18,24)13-6-8-14(20)9-7-13;/h6-9,15-16,24H,3-5,10-12,21H2,1-2H3;1H/t15-,16+,19-;/m0./s1. The summed E-state index contributed by atoms with van der Waals surface area (Å²) in [4.78, 5) is 14.7. The molecule has 1 aliphatic heterocycles. The zero-order valence-electron chi connectivity index (χ0n) is 14.9. The molecular formula is C19H28Cl2N2O2. The van der Waals surface area contributed by atoms with Crippen molar-refractivity contribution in [1.29, 1.82) is 0 Å². The van der Waals surface area contributed by atoms with Gasteiger partial charge in [0.1, 0.15) is 0 Å². The molecule has 0 unspecified atom stereocenters. The molecule has 1 aromatic rings. The van der Waals surface area contributed by atoms with Gasteiger partial charge in [0.2, 0.25) is 5.91 Å². The summed E-state index contributed by atoms with van der Waals surface area (Å²) >= 11 is 5.97. The molecule has 3 N–H and O–H groups in total. The lowest BCUT2D eigenvalue weighted by atomic mass is 9.66. The van der Waals surface area contributed by atoms with Crippen LogP contribution in [0.3, 0.4) is 0 Å². The number of likely N-dealkylation sites (tertiary alicyclic amines) is 1. The maximum atomic E-state index is 12.8. The minimum absolute atomic E-state index is 0. The third-order valence-electron chi connectivity index (χ3n) is 5.97. The van der Waals surface area contributed by atoms with Gasteiger partial charge in [0.05, 0.1) is 11.5 Å². The summed E-state index contributed by atoms with van der Waals surface area (Å²) in [7, 11) is 0. The van der Waals surface area contributed by atoms with Gasteiger partial charge < -0.3 is 15.7 Å². The number of nitrogens with zero attached hydrogens (tertiary/aromatic N) is 1. The number of benzene rings is 1. The second kappa shape index (κ2) is 7.43. The molecule has 0 aromatic heterocycles. The molecule has 2 aliphatic rings. The molecule has 25 heavy (non-hydrogen) atoms. The van der Waals surface area contributed by atoms with E-state index in [-0.39, 0.29) is 30.3 Å². The van der Waals surface area contributed by atoms with Crippen LogP contribution in [0.25, 0.3) is 0 Å². The first kappa shape index (κ1) is 20.5. The van der Waals surface area contributed by atoms with E-state index in [1.165, 1.54) is 0 Å². The van der Waals surface area contributed by atoms with Crippen molar-refractivity contribution in [3.8, 4) is 0 Å². The van der Waals surface area contributed by atoms with Gasteiger partial charge in [0.25, 0.3) is 0 Å². The summed E-state index contributed by atoms with van der Waals surface area (Å²) in [6, 6.07) is 7.36. The maximum absolute atomic E-state index is 12.8. The van der Waals surface area contributed by atoms with E-state index in [4.69, 9.17) is 17.3 Å². The highest BCUT2D eigenvalue weighted by Crippen LogP contribution is 2.46. The maximum Gasteiger partial charge on any atom is 0.227 e. The molecule has 2 fully saturated rings. The first-order valence-corrected chi connectivity index (χ1v) is 9.15. The van der Waals surface area contributed by atoms with Gasteiger partial charge in [-0.05, 0) is 37.0 Å². The number of hydrogen-bond donors (Lipinski definition) is 2. The van der Waals surface area contributed by atoms with E-state index in [1.807, 2.05) is 30.9 Å². The van der Waals surface area contributed by atoms with Crippen molar-refractivity contribution in [3.63, 3.8) is 0 Å². The van der Waals surface area contributed by atoms with Crippen molar-refractivity contribution < 1.29 is 9.90 Å². The van der Waals surface area contributed by atoms with Crippen LogP contribution in [0, 0.1) is 11.3 Å². The molecule has 1 heterocycles. The normalized spacial score (nSPS) is 31.5. The Morgan fingerprint density at radius 2 is 1.92 bits per heavy atom. The molecule has 1 aliphatic carbocycles. The summed E-state index contributed by atoms with van der Waals surface area (Å²) < 4.78 is 0. The fourth-order valence-corrected chi connectivity index (χ4v) is 4.43. The van der Waals surface area contributed by atoms with Gasteiger partial charge >= 0.3 is 0 Å². The van der Waals surface area contributed by atoms with Crippen molar-refractivity contribution >= 4 is 29.9 Å². The van der Waals surface area contributed by atoms with Crippen LogP contribution in [-0.4, -0.2) is 35.0 Å². The average Bonchev–Trinajstić information content (AvgIpc) is 2.96. The number of amides is 1. The molecule has 0 spiro atoms. The molecule has 4 nitrogen and oxygen atoms in total. The molecule has 6 heteroatoms. The van der Waals surface area contributed by atoms with Crippen molar-refractivity contribution in [2.24, 2.45) is 17.1 Å². The average molecular weight is 387 g/mol. The Bertz CT molecular complexity index is 620. The van der Waals surface area contributed by atoms with Gasteiger partial charge in [-0.15, -0.1) is 12.4 Å². The predicted molar refractivity (Wildman–Crippen MR) is 103 cm³/mol. The van der Waals surface area contributed by atoms with Crippen molar-refractivity contribution in [2.75, 3.05) is 13.1 Å². The van der Waals surface area contributed by atoms with Crippen LogP contribution in [-0.2, 0) is 10.4 Å². The number of carbonyl (C=O) groups excluding carboxylic acids is 1. The minimum atomic E-state index is -0.966. The summed E-state index contributed by atoms with van der Waals surface area (Å²) in [5.74, 6) is 0.105. The molecule has 1 amide bonds. The van der Waals surface area contributed by atoms with E-state index in [0.717, 1.165) is 24.8 Å². The number of carbonyl (C=O) groups is 1. The smallest absolute Gasteiger partial charge is 0.227 e. The van der Waals surface area contributed by atoms with Crippen LogP contribution in [0.4, 0.5) is 0 Å². The van der Waals surface area contributed by atoms with Crippen molar-refractivity contribution in [1.82, 2.24) is 4.90 Å². The molecular weight excluding hydrogens is 359 g/mol. The number of nitrogens with two attached hydrogens (primary N) is 1. The SMILES string of the molecule is CC1(C)CN(C(=O)[C@H]2CCC[C@H]2N)CC[C@]1(O)c1ccc(Cl)cc1.Cl.